The highest BCUT2D eigenvalue weighted by molar-refractivity contribution is 6.30. The predicted molar refractivity (Wildman–Crippen MR) is 131 cm³/mol. The number of carbonyl (C=O) groups is 3. The SMILES string of the molecule is O=C(Nc1ccc(C(=O)O[C@H](C(=O)c2ccccc2)c2ccc(Cl)cc2)cc1)c1ccccc1. The van der Waals surface area contributed by atoms with Crippen LogP contribution < -0.4 is 5.32 Å². The smallest absolute Gasteiger partial charge is 0.339 e. The van der Waals surface area contributed by atoms with Gasteiger partial charge in [0, 0.05) is 27.4 Å². The lowest BCUT2D eigenvalue weighted by molar-refractivity contribution is 0.0280. The Morgan fingerprint density at radius 2 is 1.21 bits per heavy atom. The first kappa shape index (κ1) is 23.0. The molecule has 4 aromatic rings. The Morgan fingerprint density at radius 1 is 0.647 bits per heavy atom. The van der Waals surface area contributed by atoms with Gasteiger partial charge in [-0.1, -0.05) is 72.3 Å². The van der Waals surface area contributed by atoms with Crippen LogP contribution in [0.4, 0.5) is 5.69 Å². The molecule has 34 heavy (non-hydrogen) atoms. The van der Waals surface area contributed by atoms with Crippen molar-refractivity contribution >= 4 is 34.9 Å². The Kier molecular flexibility index (Phi) is 7.16. The molecule has 0 aliphatic rings. The van der Waals surface area contributed by atoms with Crippen LogP contribution >= 0.6 is 11.6 Å². The Labute approximate surface area is 202 Å². The average Bonchev–Trinajstić information content (AvgIpc) is 2.89. The van der Waals surface area contributed by atoms with E-state index < -0.39 is 12.1 Å². The first-order valence-corrected chi connectivity index (χ1v) is 10.9. The monoisotopic (exact) mass is 469 g/mol. The van der Waals surface area contributed by atoms with Gasteiger partial charge in [-0.15, -0.1) is 0 Å². The minimum Gasteiger partial charge on any atom is -0.445 e. The summed E-state index contributed by atoms with van der Waals surface area (Å²) >= 11 is 5.98. The topological polar surface area (TPSA) is 72.5 Å². The van der Waals surface area contributed by atoms with Crippen LogP contribution in [0.2, 0.25) is 5.02 Å². The van der Waals surface area contributed by atoms with Crippen molar-refractivity contribution in [2.45, 2.75) is 6.10 Å². The van der Waals surface area contributed by atoms with Crippen molar-refractivity contribution in [2.75, 3.05) is 5.32 Å². The number of ketones is 1. The molecule has 0 radical (unpaired) electrons. The molecule has 0 aromatic heterocycles. The van der Waals surface area contributed by atoms with E-state index in [1.165, 1.54) is 12.1 Å². The first-order valence-electron chi connectivity index (χ1n) is 10.5. The largest absolute Gasteiger partial charge is 0.445 e. The molecule has 0 saturated heterocycles. The van der Waals surface area contributed by atoms with Crippen LogP contribution in [0.5, 0.6) is 0 Å². The molecule has 0 unspecified atom stereocenters. The molecule has 0 bridgehead atoms. The van der Waals surface area contributed by atoms with Gasteiger partial charge in [0.25, 0.3) is 5.91 Å². The maximum absolute atomic E-state index is 13.1. The highest BCUT2D eigenvalue weighted by Gasteiger charge is 2.27. The third-order valence-electron chi connectivity index (χ3n) is 5.11. The van der Waals surface area contributed by atoms with Crippen LogP contribution in [0, 0.1) is 0 Å². The van der Waals surface area contributed by atoms with Crippen molar-refractivity contribution in [1.82, 2.24) is 0 Å². The molecule has 1 atom stereocenters. The molecule has 0 heterocycles. The summed E-state index contributed by atoms with van der Waals surface area (Å²) in [5.41, 5.74) is 2.24. The van der Waals surface area contributed by atoms with Crippen molar-refractivity contribution in [2.24, 2.45) is 0 Å². The second-order valence-electron chi connectivity index (χ2n) is 7.46. The summed E-state index contributed by atoms with van der Waals surface area (Å²) in [6.45, 7) is 0. The molecule has 0 fully saturated rings. The minimum atomic E-state index is -1.13. The Bertz CT molecular complexity index is 1290. The van der Waals surface area contributed by atoms with Gasteiger partial charge in [0.2, 0.25) is 5.78 Å². The molecule has 6 heteroatoms. The molecule has 0 aliphatic carbocycles. The van der Waals surface area contributed by atoms with Crippen LogP contribution in [-0.2, 0) is 4.74 Å². The zero-order valence-corrected chi connectivity index (χ0v) is 18.7. The summed E-state index contributed by atoms with van der Waals surface area (Å²) in [6, 6.07) is 30.3. The van der Waals surface area contributed by atoms with Gasteiger partial charge in [0.05, 0.1) is 5.56 Å². The van der Waals surface area contributed by atoms with Crippen LogP contribution in [0.25, 0.3) is 0 Å². The second kappa shape index (κ2) is 10.6. The van der Waals surface area contributed by atoms with Gasteiger partial charge in [0.15, 0.2) is 6.10 Å². The third-order valence-corrected chi connectivity index (χ3v) is 5.36. The van der Waals surface area contributed by atoms with Crippen LogP contribution in [0.15, 0.2) is 109 Å². The van der Waals surface area contributed by atoms with Gasteiger partial charge in [-0.3, -0.25) is 9.59 Å². The van der Waals surface area contributed by atoms with Crippen molar-refractivity contribution in [3.05, 3.63) is 136 Å². The van der Waals surface area contributed by atoms with Crippen LogP contribution in [0.3, 0.4) is 0 Å². The number of halogens is 1. The fourth-order valence-corrected chi connectivity index (χ4v) is 3.45. The number of carbonyl (C=O) groups excluding carboxylic acids is 3. The van der Waals surface area contributed by atoms with Crippen molar-refractivity contribution < 1.29 is 19.1 Å². The van der Waals surface area contributed by atoms with Gasteiger partial charge in [0.1, 0.15) is 0 Å². The van der Waals surface area contributed by atoms with E-state index in [4.69, 9.17) is 16.3 Å². The lowest BCUT2D eigenvalue weighted by atomic mass is 9.99. The molecule has 0 spiro atoms. The molecular formula is C28H20ClNO4. The van der Waals surface area contributed by atoms with E-state index in [1.54, 1.807) is 91.0 Å². The maximum Gasteiger partial charge on any atom is 0.339 e. The van der Waals surface area contributed by atoms with E-state index in [0.29, 0.717) is 27.4 Å². The van der Waals surface area contributed by atoms with E-state index in [2.05, 4.69) is 5.32 Å². The van der Waals surface area contributed by atoms with Gasteiger partial charge in [-0.2, -0.15) is 0 Å². The predicted octanol–water partition coefficient (Wildman–Crippen LogP) is 6.37. The van der Waals surface area contributed by atoms with E-state index in [0.717, 1.165) is 0 Å². The van der Waals surface area contributed by atoms with Crippen molar-refractivity contribution in [3.8, 4) is 0 Å². The Hall–Kier alpha value is -4.22. The zero-order chi connectivity index (χ0) is 23.9. The molecule has 0 saturated carbocycles. The number of rotatable bonds is 7. The molecule has 0 aliphatic heterocycles. The Morgan fingerprint density at radius 3 is 1.79 bits per heavy atom. The minimum absolute atomic E-state index is 0.248. The zero-order valence-electron chi connectivity index (χ0n) is 18.0. The summed E-state index contributed by atoms with van der Waals surface area (Å²) in [5, 5.41) is 3.29. The number of hydrogen-bond acceptors (Lipinski definition) is 4. The number of esters is 1. The van der Waals surface area contributed by atoms with E-state index in [-0.39, 0.29) is 17.3 Å². The molecule has 4 rings (SSSR count). The standard InChI is InChI=1S/C28H20ClNO4/c29-23-15-11-20(12-16-23)26(25(31)19-7-3-1-4-8-19)34-28(33)22-13-17-24(18-14-22)30-27(32)21-9-5-2-6-10-21/h1-18,26H,(H,30,32)/t26-/m0/s1. The fourth-order valence-electron chi connectivity index (χ4n) is 3.32. The number of amides is 1. The third kappa shape index (κ3) is 5.57. The quantitative estimate of drug-likeness (QED) is 0.252. The van der Waals surface area contributed by atoms with Crippen molar-refractivity contribution in [3.63, 3.8) is 0 Å². The highest BCUT2D eigenvalue weighted by Crippen LogP contribution is 2.26. The van der Waals surface area contributed by atoms with E-state index in [1.807, 2.05) is 6.07 Å². The number of nitrogens with one attached hydrogen (secondary N) is 1. The summed E-state index contributed by atoms with van der Waals surface area (Å²) in [4.78, 5) is 38.4. The first-order chi connectivity index (χ1) is 16.5. The summed E-state index contributed by atoms with van der Waals surface area (Å²) < 4.78 is 5.65. The highest BCUT2D eigenvalue weighted by atomic mass is 35.5. The van der Waals surface area contributed by atoms with Crippen LogP contribution in [-0.4, -0.2) is 17.7 Å². The summed E-state index contributed by atoms with van der Waals surface area (Å²) in [7, 11) is 0. The lowest BCUT2D eigenvalue weighted by Crippen LogP contribution is -2.20. The molecular weight excluding hydrogens is 450 g/mol. The lowest BCUT2D eigenvalue weighted by Gasteiger charge is -2.18. The van der Waals surface area contributed by atoms with Gasteiger partial charge in [-0.25, -0.2) is 4.79 Å². The molecule has 1 N–H and O–H groups in total. The van der Waals surface area contributed by atoms with E-state index >= 15 is 0 Å². The number of benzene rings is 4. The van der Waals surface area contributed by atoms with Crippen molar-refractivity contribution in [1.29, 1.82) is 0 Å². The molecule has 168 valence electrons. The van der Waals surface area contributed by atoms with Gasteiger partial charge < -0.3 is 10.1 Å². The average molecular weight is 470 g/mol. The summed E-state index contributed by atoms with van der Waals surface area (Å²) in [5.74, 6) is -1.26. The Balaban J connectivity index is 1.51. The molecule has 5 nitrogen and oxygen atoms in total. The van der Waals surface area contributed by atoms with Gasteiger partial charge >= 0.3 is 5.97 Å². The number of anilines is 1. The molecule has 1 amide bonds. The summed E-state index contributed by atoms with van der Waals surface area (Å²) in [6.07, 6.45) is -1.13. The maximum atomic E-state index is 13.1. The number of hydrogen-bond donors (Lipinski definition) is 1. The normalized spacial score (nSPS) is 11.3. The van der Waals surface area contributed by atoms with E-state index in [9.17, 15) is 14.4 Å². The van der Waals surface area contributed by atoms with Crippen LogP contribution in [0.1, 0.15) is 42.7 Å². The van der Waals surface area contributed by atoms with Gasteiger partial charge in [-0.05, 0) is 48.5 Å². The number of Topliss-reactive ketones (excluding diaryl/α,β-unsaturated/α-hetero) is 1. The second-order valence-corrected chi connectivity index (χ2v) is 7.90. The fraction of sp³-hybridized carbons (Fsp3) is 0.0357. The molecule has 4 aromatic carbocycles. The number of ether oxygens (including phenoxy) is 1.